The lowest BCUT2D eigenvalue weighted by Gasteiger charge is -2.19. The van der Waals surface area contributed by atoms with Crippen molar-refractivity contribution in [2.45, 2.75) is 26.6 Å². The standard InChI is InChI=1S/C29H24F3N3O6/c1-16-7-9-19(10-8-16)34-26(37)25(36)33-15-22-12-11-21(41-22)14-23-24(28(39)40-3)17(2)35(27(23)38)20-6-4-5-18(13-20)29(30,31)32/h4-14H,15H2,1-3H3,(H,33,36)(H,34,37)/b23-14+. The quantitative estimate of drug-likeness (QED) is 0.253. The van der Waals surface area contributed by atoms with E-state index in [-0.39, 0.29) is 40.6 Å². The predicted octanol–water partition coefficient (Wildman–Crippen LogP) is 4.74. The lowest BCUT2D eigenvalue weighted by molar-refractivity contribution is -0.137. The Kier molecular flexibility index (Phi) is 8.13. The Hall–Kier alpha value is -5.13. The summed E-state index contributed by atoms with van der Waals surface area (Å²) in [6, 6.07) is 14.0. The topological polar surface area (TPSA) is 118 Å². The number of carbonyl (C=O) groups is 4. The third-order valence-corrected chi connectivity index (χ3v) is 6.13. The molecule has 41 heavy (non-hydrogen) atoms. The molecule has 12 heteroatoms. The highest BCUT2D eigenvalue weighted by Gasteiger charge is 2.39. The first-order chi connectivity index (χ1) is 19.4. The number of hydrogen-bond acceptors (Lipinski definition) is 6. The smallest absolute Gasteiger partial charge is 0.416 e. The summed E-state index contributed by atoms with van der Waals surface area (Å²) < 4.78 is 50.3. The molecular formula is C29H24F3N3O6. The van der Waals surface area contributed by atoms with E-state index in [2.05, 4.69) is 10.6 Å². The number of aryl methyl sites for hydroxylation is 1. The number of methoxy groups -OCH3 is 1. The molecule has 2 aromatic carbocycles. The van der Waals surface area contributed by atoms with Gasteiger partial charge in [0.2, 0.25) is 0 Å². The molecule has 9 nitrogen and oxygen atoms in total. The lowest BCUT2D eigenvalue weighted by atomic mass is 10.1. The number of esters is 1. The van der Waals surface area contributed by atoms with Gasteiger partial charge in [-0.3, -0.25) is 19.3 Å². The van der Waals surface area contributed by atoms with Gasteiger partial charge in [0.05, 0.1) is 30.4 Å². The number of furan rings is 1. The number of nitrogens with one attached hydrogen (secondary N) is 2. The van der Waals surface area contributed by atoms with Gasteiger partial charge in [-0.1, -0.05) is 23.8 Å². The summed E-state index contributed by atoms with van der Waals surface area (Å²) in [4.78, 5) is 51.3. The van der Waals surface area contributed by atoms with Crippen molar-refractivity contribution in [3.05, 3.63) is 100 Å². The summed E-state index contributed by atoms with van der Waals surface area (Å²) in [7, 11) is 1.11. The number of nitrogens with zero attached hydrogens (tertiary/aromatic N) is 1. The van der Waals surface area contributed by atoms with Gasteiger partial charge in [-0.05, 0) is 62.4 Å². The fourth-order valence-electron chi connectivity index (χ4n) is 4.09. The molecule has 212 valence electrons. The maximum atomic E-state index is 13.4. The average Bonchev–Trinajstić information content (AvgIpc) is 3.48. The molecule has 0 aliphatic carbocycles. The molecule has 0 fully saturated rings. The van der Waals surface area contributed by atoms with E-state index in [4.69, 9.17) is 9.15 Å². The minimum absolute atomic E-state index is 0.0751. The maximum absolute atomic E-state index is 13.4. The van der Waals surface area contributed by atoms with Gasteiger partial charge in [0.25, 0.3) is 5.91 Å². The van der Waals surface area contributed by atoms with E-state index in [0.29, 0.717) is 5.69 Å². The molecule has 2 heterocycles. The number of anilines is 2. The highest BCUT2D eigenvalue weighted by Crippen LogP contribution is 2.38. The van der Waals surface area contributed by atoms with Crippen LogP contribution in [0.25, 0.3) is 6.08 Å². The average molecular weight is 568 g/mol. The van der Waals surface area contributed by atoms with Gasteiger partial charge in [-0.2, -0.15) is 13.2 Å². The molecule has 0 saturated carbocycles. The Bertz CT molecular complexity index is 1590. The van der Waals surface area contributed by atoms with Crippen LogP contribution in [0.1, 0.15) is 29.6 Å². The molecule has 0 saturated heterocycles. The van der Waals surface area contributed by atoms with Crippen molar-refractivity contribution in [1.29, 1.82) is 0 Å². The Morgan fingerprint density at radius 3 is 2.37 bits per heavy atom. The minimum atomic E-state index is -4.64. The molecule has 0 bridgehead atoms. The third-order valence-electron chi connectivity index (χ3n) is 6.13. The van der Waals surface area contributed by atoms with E-state index in [1.807, 2.05) is 6.92 Å². The summed E-state index contributed by atoms with van der Waals surface area (Å²) in [6.45, 7) is 3.14. The van der Waals surface area contributed by atoms with Crippen LogP contribution in [-0.4, -0.2) is 30.8 Å². The third kappa shape index (κ3) is 6.38. The Morgan fingerprint density at radius 2 is 1.71 bits per heavy atom. The fraction of sp³-hybridized carbons (Fsp3) is 0.172. The molecule has 0 spiro atoms. The van der Waals surface area contributed by atoms with Crippen LogP contribution in [0.15, 0.2) is 81.9 Å². The summed E-state index contributed by atoms with van der Waals surface area (Å²) in [5, 5.41) is 4.89. The number of rotatable bonds is 6. The van der Waals surface area contributed by atoms with Crippen LogP contribution in [-0.2, 0) is 36.6 Å². The van der Waals surface area contributed by atoms with Gasteiger partial charge in [0.15, 0.2) is 0 Å². The Morgan fingerprint density at radius 1 is 1.00 bits per heavy atom. The molecule has 0 unspecified atom stereocenters. The number of carbonyl (C=O) groups excluding carboxylic acids is 4. The molecular weight excluding hydrogens is 543 g/mol. The molecule has 3 amide bonds. The van der Waals surface area contributed by atoms with Crippen molar-refractivity contribution in [1.82, 2.24) is 5.32 Å². The van der Waals surface area contributed by atoms with Crippen molar-refractivity contribution in [3.63, 3.8) is 0 Å². The molecule has 1 aromatic heterocycles. The van der Waals surface area contributed by atoms with Crippen LogP contribution in [0.2, 0.25) is 0 Å². The van der Waals surface area contributed by atoms with Gasteiger partial charge in [0, 0.05) is 17.1 Å². The zero-order valence-electron chi connectivity index (χ0n) is 22.1. The fourth-order valence-corrected chi connectivity index (χ4v) is 4.09. The molecule has 3 aromatic rings. The Labute approximate surface area is 232 Å². The molecule has 0 radical (unpaired) electrons. The van der Waals surface area contributed by atoms with Crippen molar-refractivity contribution >= 4 is 41.1 Å². The van der Waals surface area contributed by atoms with Gasteiger partial charge >= 0.3 is 24.0 Å². The van der Waals surface area contributed by atoms with E-state index >= 15 is 0 Å². The number of allylic oxidation sites excluding steroid dienone is 1. The number of ether oxygens (including phenoxy) is 1. The van der Waals surface area contributed by atoms with E-state index in [0.717, 1.165) is 35.8 Å². The van der Waals surface area contributed by atoms with Crippen LogP contribution in [0.5, 0.6) is 0 Å². The molecule has 4 rings (SSSR count). The van der Waals surface area contributed by atoms with Gasteiger partial charge in [-0.25, -0.2) is 4.79 Å². The van der Waals surface area contributed by atoms with Gasteiger partial charge in [0.1, 0.15) is 11.5 Å². The van der Waals surface area contributed by atoms with E-state index in [1.165, 1.54) is 31.2 Å². The first kappa shape index (κ1) is 28.9. The largest absolute Gasteiger partial charge is 0.465 e. The molecule has 1 aliphatic rings. The summed E-state index contributed by atoms with van der Waals surface area (Å²) in [6.07, 6.45) is -3.39. The first-order valence-electron chi connectivity index (χ1n) is 12.2. The van der Waals surface area contributed by atoms with Gasteiger partial charge in [-0.15, -0.1) is 0 Å². The van der Waals surface area contributed by atoms with E-state index in [9.17, 15) is 32.3 Å². The molecule has 1 aliphatic heterocycles. The maximum Gasteiger partial charge on any atom is 0.416 e. The van der Waals surface area contributed by atoms with Crippen molar-refractivity contribution in [3.8, 4) is 0 Å². The van der Waals surface area contributed by atoms with Crippen LogP contribution < -0.4 is 15.5 Å². The van der Waals surface area contributed by atoms with Crippen molar-refractivity contribution in [2.24, 2.45) is 0 Å². The van der Waals surface area contributed by atoms with Crippen LogP contribution >= 0.6 is 0 Å². The number of amides is 3. The highest BCUT2D eigenvalue weighted by molar-refractivity contribution is 6.39. The summed E-state index contributed by atoms with van der Waals surface area (Å²) in [5.41, 5.74) is 0.168. The number of hydrogen-bond donors (Lipinski definition) is 2. The van der Waals surface area contributed by atoms with Crippen molar-refractivity contribution < 1.29 is 41.5 Å². The first-order valence-corrected chi connectivity index (χ1v) is 12.2. The lowest BCUT2D eigenvalue weighted by Crippen LogP contribution is -2.34. The molecule has 2 N–H and O–H groups in total. The Balaban J connectivity index is 1.52. The minimum Gasteiger partial charge on any atom is -0.465 e. The normalized spacial score (nSPS) is 14.4. The van der Waals surface area contributed by atoms with E-state index in [1.54, 1.807) is 24.3 Å². The van der Waals surface area contributed by atoms with Crippen LogP contribution in [0.4, 0.5) is 24.5 Å². The number of halogens is 3. The second-order valence-corrected chi connectivity index (χ2v) is 9.01. The zero-order chi connectivity index (χ0) is 29.9. The van der Waals surface area contributed by atoms with Gasteiger partial charge < -0.3 is 19.8 Å². The molecule has 0 atom stereocenters. The van der Waals surface area contributed by atoms with Crippen LogP contribution in [0, 0.1) is 6.92 Å². The second kappa shape index (κ2) is 11.5. The van der Waals surface area contributed by atoms with Crippen LogP contribution in [0.3, 0.4) is 0 Å². The summed E-state index contributed by atoms with van der Waals surface area (Å²) >= 11 is 0. The SMILES string of the molecule is COC(=O)C1=C(C)N(c2cccc(C(F)(F)F)c2)C(=O)/C1=C/c1ccc(CNC(=O)C(=O)Nc2ccc(C)cc2)o1. The monoisotopic (exact) mass is 567 g/mol. The second-order valence-electron chi connectivity index (χ2n) is 9.01. The zero-order valence-corrected chi connectivity index (χ0v) is 22.1. The number of alkyl halides is 3. The highest BCUT2D eigenvalue weighted by atomic mass is 19.4. The number of benzene rings is 2. The van der Waals surface area contributed by atoms with E-state index < -0.39 is 35.4 Å². The van der Waals surface area contributed by atoms with Crippen molar-refractivity contribution in [2.75, 3.05) is 17.3 Å². The predicted molar refractivity (Wildman–Crippen MR) is 142 cm³/mol. The summed E-state index contributed by atoms with van der Waals surface area (Å²) in [5.74, 6) is -3.07.